The Labute approximate surface area is 216 Å². The van der Waals surface area contributed by atoms with E-state index in [1.54, 1.807) is 6.08 Å². The Bertz CT molecular complexity index is 580. The van der Waals surface area contributed by atoms with Crippen molar-refractivity contribution in [3.8, 4) is 0 Å². The quantitative estimate of drug-likeness (QED) is 0.0960. The molecule has 2 atom stereocenters. The normalized spacial score (nSPS) is 14.1. The van der Waals surface area contributed by atoms with Crippen LogP contribution in [0, 0.1) is 0 Å². The molecule has 0 spiro atoms. The highest BCUT2D eigenvalue weighted by atomic mass is 16.3. The highest BCUT2D eigenvalue weighted by Gasteiger charge is 2.17. The number of nitrogens with one attached hydrogen (secondary N) is 1. The number of allylic oxidation sites excluding steroid dienone is 7. The fraction of sp³-hybridized carbons (Fsp3) is 0.710. The zero-order valence-corrected chi connectivity index (χ0v) is 22.8. The fourth-order valence-electron chi connectivity index (χ4n) is 3.76. The van der Waals surface area contributed by atoms with Gasteiger partial charge >= 0.3 is 0 Å². The first-order valence-corrected chi connectivity index (χ1v) is 14.4. The second kappa shape index (κ2) is 26.9. The molecule has 0 radical (unpaired) electrons. The number of aliphatic hydroxyl groups excluding tert-OH is 2. The molecular weight excluding hydrogens is 434 g/mol. The highest BCUT2D eigenvalue weighted by molar-refractivity contribution is 5.76. The third kappa shape index (κ3) is 23.8. The molecular formula is C31H55NO3. The predicted octanol–water partition coefficient (Wildman–Crippen LogP) is 7.72. The number of amides is 1. The van der Waals surface area contributed by atoms with Crippen LogP contribution in [0.1, 0.15) is 123 Å². The number of aliphatic hydroxyl groups is 2. The van der Waals surface area contributed by atoms with Gasteiger partial charge in [-0.15, -0.1) is 0 Å². The Morgan fingerprint density at radius 1 is 0.686 bits per heavy atom. The van der Waals surface area contributed by atoms with Gasteiger partial charge in [-0.3, -0.25) is 4.79 Å². The number of hydrogen-bond donors (Lipinski definition) is 3. The fourth-order valence-corrected chi connectivity index (χ4v) is 3.76. The molecule has 0 saturated heterocycles. The van der Waals surface area contributed by atoms with Gasteiger partial charge in [-0.05, 0) is 57.8 Å². The van der Waals surface area contributed by atoms with Gasteiger partial charge < -0.3 is 15.5 Å². The summed E-state index contributed by atoms with van der Waals surface area (Å²) in [5.74, 6) is -0.0969. The minimum Gasteiger partial charge on any atom is -0.394 e. The summed E-state index contributed by atoms with van der Waals surface area (Å²) in [7, 11) is 0. The average Bonchev–Trinajstić information content (AvgIpc) is 2.86. The molecule has 0 aliphatic rings. The highest BCUT2D eigenvalue weighted by Crippen LogP contribution is 2.09. The number of rotatable bonds is 24. The molecule has 0 aliphatic heterocycles. The van der Waals surface area contributed by atoms with E-state index in [1.165, 1.54) is 44.9 Å². The van der Waals surface area contributed by atoms with Crippen molar-refractivity contribution in [1.82, 2.24) is 5.32 Å². The van der Waals surface area contributed by atoms with Crippen LogP contribution in [0.2, 0.25) is 0 Å². The number of unbranched alkanes of at least 4 members (excludes halogenated alkanes) is 11. The first-order valence-electron chi connectivity index (χ1n) is 14.4. The van der Waals surface area contributed by atoms with E-state index in [9.17, 15) is 15.0 Å². The standard InChI is InChI=1S/C31H55NO3/c1-3-5-7-9-11-12-13-14-15-16-17-18-19-21-23-25-27-31(35)32-29(28-33)30(34)26-24-22-20-10-8-6-4-2/h8,10,12-13,15-16,24,26,29-30,33-34H,3-7,9,11,14,17-23,25,27-28H2,1-2H3,(H,32,35)/b10-8+,13-12-,16-15-,26-24+. The molecule has 0 aromatic heterocycles. The zero-order valence-electron chi connectivity index (χ0n) is 22.8. The summed E-state index contributed by atoms with van der Waals surface area (Å²) in [5.41, 5.74) is 0. The average molecular weight is 490 g/mol. The van der Waals surface area contributed by atoms with E-state index in [-0.39, 0.29) is 12.5 Å². The van der Waals surface area contributed by atoms with Crippen LogP contribution in [0.25, 0.3) is 0 Å². The first-order chi connectivity index (χ1) is 17.2. The van der Waals surface area contributed by atoms with Gasteiger partial charge in [-0.2, -0.15) is 0 Å². The van der Waals surface area contributed by atoms with Crippen molar-refractivity contribution in [3.05, 3.63) is 48.6 Å². The lowest BCUT2D eigenvalue weighted by molar-refractivity contribution is -0.123. The maximum atomic E-state index is 12.2. The lowest BCUT2D eigenvalue weighted by atomic mass is 10.1. The molecule has 0 fully saturated rings. The van der Waals surface area contributed by atoms with Crippen molar-refractivity contribution >= 4 is 5.91 Å². The maximum absolute atomic E-state index is 12.2. The minimum absolute atomic E-state index is 0.0969. The summed E-state index contributed by atoms with van der Waals surface area (Å²) in [4.78, 5) is 12.2. The van der Waals surface area contributed by atoms with Crippen LogP contribution in [0.3, 0.4) is 0 Å². The minimum atomic E-state index is -0.863. The Balaban J connectivity index is 3.73. The zero-order chi connectivity index (χ0) is 25.8. The summed E-state index contributed by atoms with van der Waals surface area (Å²) < 4.78 is 0. The van der Waals surface area contributed by atoms with Gasteiger partial charge in [0, 0.05) is 6.42 Å². The van der Waals surface area contributed by atoms with Gasteiger partial charge in [0.15, 0.2) is 0 Å². The van der Waals surface area contributed by atoms with E-state index < -0.39 is 12.1 Å². The van der Waals surface area contributed by atoms with Gasteiger partial charge in [0.2, 0.25) is 5.91 Å². The maximum Gasteiger partial charge on any atom is 0.220 e. The molecule has 2 unspecified atom stereocenters. The topological polar surface area (TPSA) is 69.6 Å². The molecule has 0 heterocycles. The van der Waals surface area contributed by atoms with Crippen molar-refractivity contribution in [2.45, 2.75) is 135 Å². The molecule has 35 heavy (non-hydrogen) atoms. The van der Waals surface area contributed by atoms with Crippen molar-refractivity contribution in [2.75, 3.05) is 6.61 Å². The number of carbonyl (C=O) groups is 1. The van der Waals surface area contributed by atoms with E-state index in [1.807, 2.05) is 6.08 Å². The van der Waals surface area contributed by atoms with E-state index in [2.05, 4.69) is 55.6 Å². The van der Waals surface area contributed by atoms with Crippen LogP contribution in [0.15, 0.2) is 48.6 Å². The lowest BCUT2D eigenvalue weighted by Crippen LogP contribution is -2.45. The summed E-state index contributed by atoms with van der Waals surface area (Å²) >= 11 is 0. The molecule has 202 valence electrons. The molecule has 0 saturated carbocycles. The van der Waals surface area contributed by atoms with Gasteiger partial charge in [-0.1, -0.05) is 107 Å². The SMILES string of the molecule is CCC/C=C/CC/C=C/C(O)C(CO)NC(=O)CCCCCCC/C=C\C/C=C\CCCCCC. The van der Waals surface area contributed by atoms with Crippen LogP contribution in [0.5, 0.6) is 0 Å². The molecule has 0 bridgehead atoms. The molecule has 0 aliphatic carbocycles. The van der Waals surface area contributed by atoms with E-state index in [0.717, 1.165) is 57.8 Å². The molecule has 4 heteroatoms. The van der Waals surface area contributed by atoms with E-state index in [4.69, 9.17) is 0 Å². The van der Waals surface area contributed by atoms with Crippen LogP contribution in [-0.2, 0) is 4.79 Å². The van der Waals surface area contributed by atoms with Crippen molar-refractivity contribution in [2.24, 2.45) is 0 Å². The predicted molar refractivity (Wildman–Crippen MR) is 151 cm³/mol. The van der Waals surface area contributed by atoms with Crippen LogP contribution in [0.4, 0.5) is 0 Å². The third-order valence-electron chi connectivity index (χ3n) is 6.02. The molecule has 0 aromatic rings. The monoisotopic (exact) mass is 489 g/mol. The second-order valence-electron chi connectivity index (χ2n) is 9.45. The Morgan fingerprint density at radius 2 is 1.26 bits per heavy atom. The lowest BCUT2D eigenvalue weighted by Gasteiger charge is -2.19. The van der Waals surface area contributed by atoms with Gasteiger partial charge in [0.25, 0.3) is 0 Å². The number of hydrogen-bond acceptors (Lipinski definition) is 3. The molecule has 4 nitrogen and oxygen atoms in total. The second-order valence-corrected chi connectivity index (χ2v) is 9.45. The third-order valence-corrected chi connectivity index (χ3v) is 6.02. The van der Waals surface area contributed by atoms with Crippen molar-refractivity contribution in [1.29, 1.82) is 0 Å². The first kappa shape index (κ1) is 33.4. The van der Waals surface area contributed by atoms with Gasteiger partial charge in [-0.25, -0.2) is 0 Å². The number of carbonyl (C=O) groups excluding carboxylic acids is 1. The summed E-state index contributed by atoms with van der Waals surface area (Å²) in [6.07, 6.45) is 34.8. The molecule has 0 aromatic carbocycles. The van der Waals surface area contributed by atoms with Crippen LogP contribution in [-0.4, -0.2) is 34.9 Å². The van der Waals surface area contributed by atoms with Crippen molar-refractivity contribution < 1.29 is 15.0 Å². The summed E-state index contributed by atoms with van der Waals surface area (Å²) in [6, 6.07) is -0.642. The smallest absolute Gasteiger partial charge is 0.220 e. The van der Waals surface area contributed by atoms with E-state index >= 15 is 0 Å². The molecule has 3 N–H and O–H groups in total. The van der Waals surface area contributed by atoms with Crippen LogP contribution < -0.4 is 5.32 Å². The van der Waals surface area contributed by atoms with Gasteiger partial charge in [0.05, 0.1) is 18.8 Å². The Morgan fingerprint density at radius 3 is 1.91 bits per heavy atom. The molecule has 0 rings (SSSR count). The summed E-state index contributed by atoms with van der Waals surface area (Å²) in [6.45, 7) is 4.13. The van der Waals surface area contributed by atoms with E-state index in [0.29, 0.717) is 6.42 Å². The largest absolute Gasteiger partial charge is 0.394 e. The Kier molecular flexibility index (Phi) is 25.7. The molecule has 1 amide bonds. The van der Waals surface area contributed by atoms with Crippen LogP contribution >= 0.6 is 0 Å². The van der Waals surface area contributed by atoms with Crippen molar-refractivity contribution in [3.63, 3.8) is 0 Å². The summed E-state index contributed by atoms with van der Waals surface area (Å²) in [5, 5.41) is 22.5. The van der Waals surface area contributed by atoms with Gasteiger partial charge in [0.1, 0.15) is 0 Å². The Hall–Kier alpha value is -1.65.